The Balaban J connectivity index is 2.54. The van der Waals surface area contributed by atoms with Crippen molar-refractivity contribution in [3.8, 4) is 0 Å². The molecular weight excluding hydrogens is 294 g/mol. The highest BCUT2D eigenvalue weighted by Crippen LogP contribution is 2.23. The van der Waals surface area contributed by atoms with E-state index in [1.807, 2.05) is 0 Å². The summed E-state index contributed by atoms with van der Waals surface area (Å²) in [6.45, 7) is 0. The van der Waals surface area contributed by atoms with E-state index in [0.717, 1.165) is 4.31 Å². The number of aromatic nitrogens is 1. The second-order valence-electron chi connectivity index (χ2n) is 4.04. The van der Waals surface area contributed by atoms with Gasteiger partial charge in [0.2, 0.25) is 0 Å². The van der Waals surface area contributed by atoms with Gasteiger partial charge in [-0.2, -0.15) is 0 Å². The summed E-state index contributed by atoms with van der Waals surface area (Å²) in [5.41, 5.74) is 6.38. The van der Waals surface area contributed by atoms with E-state index in [0.29, 0.717) is 11.3 Å². The van der Waals surface area contributed by atoms with Gasteiger partial charge in [0, 0.05) is 18.8 Å². The third-order valence-corrected chi connectivity index (χ3v) is 4.86. The molecule has 0 bridgehead atoms. The summed E-state index contributed by atoms with van der Waals surface area (Å²) >= 11 is 4.90. The van der Waals surface area contributed by atoms with E-state index < -0.39 is 10.0 Å². The van der Waals surface area contributed by atoms with Crippen molar-refractivity contribution >= 4 is 32.9 Å². The van der Waals surface area contributed by atoms with Gasteiger partial charge in [-0.25, -0.2) is 8.42 Å². The monoisotopic (exact) mass is 307 g/mol. The summed E-state index contributed by atoms with van der Waals surface area (Å²) < 4.78 is 26.4. The number of pyridine rings is 1. The Hall–Kier alpha value is -1.99. The number of hydrogen-bond donors (Lipinski definition) is 1. The molecule has 20 heavy (non-hydrogen) atoms. The molecule has 2 N–H and O–H groups in total. The van der Waals surface area contributed by atoms with Crippen molar-refractivity contribution < 1.29 is 8.42 Å². The first-order valence-electron chi connectivity index (χ1n) is 5.72. The zero-order valence-corrected chi connectivity index (χ0v) is 12.4. The number of anilines is 1. The van der Waals surface area contributed by atoms with Crippen molar-refractivity contribution in [2.75, 3.05) is 11.4 Å². The predicted octanol–water partition coefficient (Wildman–Crippen LogP) is 1.54. The molecule has 7 heteroatoms. The van der Waals surface area contributed by atoms with Crippen molar-refractivity contribution in [3.63, 3.8) is 0 Å². The minimum atomic E-state index is -3.74. The van der Waals surface area contributed by atoms with Crippen LogP contribution in [0.2, 0.25) is 0 Å². The lowest BCUT2D eigenvalue weighted by Crippen LogP contribution is -2.29. The second-order valence-corrected chi connectivity index (χ2v) is 6.42. The lowest BCUT2D eigenvalue weighted by atomic mass is 10.2. The van der Waals surface area contributed by atoms with Gasteiger partial charge in [0.25, 0.3) is 10.0 Å². The van der Waals surface area contributed by atoms with Gasteiger partial charge in [-0.15, -0.1) is 0 Å². The first kappa shape index (κ1) is 14.4. The number of thiocarbonyl (C=S) groups is 1. The van der Waals surface area contributed by atoms with Crippen LogP contribution in [-0.2, 0) is 10.0 Å². The molecular formula is C13H13N3O2S2. The molecule has 1 heterocycles. The first-order chi connectivity index (χ1) is 9.44. The van der Waals surface area contributed by atoms with Gasteiger partial charge < -0.3 is 5.73 Å². The highest BCUT2D eigenvalue weighted by molar-refractivity contribution is 7.93. The molecule has 0 saturated carbocycles. The van der Waals surface area contributed by atoms with E-state index in [1.54, 1.807) is 36.5 Å². The van der Waals surface area contributed by atoms with Crippen LogP contribution in [0.15, 0.2) is 53.7 Å². The maximum atomic E-state index is 12.6. The molecule has 0 amide bonds. The molecule has 5 nitrogen and oxygen atoms in total. The SMILES string of the molecule is CN(c1cccnc1)S(=O)(=O)c1ccccc1C(N)=S. The fraction of sp³-hybridized carbons (Fsp3) is 0.0769. The maximum Gasteiger partial charge on any atom is 0.264 e. The zero-order chi connectivity index (χ0) is 14.8. The average molecular weight is 307 g/mol. The molecule has 0 atom stereocenters. The van der Waals surface area contributed by atoms with Gasteiger partial charge in [0.15, 0.2) is 0 Å². The highest BCUT2D eigenvalue weighted by atomic mass is 32.2. The number of benzene rings is 1. The van der Waals surface area contributed by atoms with Crippen molar-refractivity contribution in [1.82, 2.24) is 4.98 Å². The Morgan fingerprint density at radius 2 is 1.95 bits per heavy atom. The van der Waals surface area contributed by atoms with Crippen molar-refractivity contribution in [3.05, 3.63) is 54.4 Å². The molecule has 0 radical (unpaired) electrons. The normalized spacial score (nSPS) is 11.1. The van der Waals surface area contributed by atoms with Crippen LogP contribution in [0.1, 0.15) is 5.56 Å². The molecule has 2 aromatic rings. The van der Waals surface area contributed by atoms with Crippen LogP contribution in [0.25, 0.3) is 0 Å². The van der Waals surface area contributed by atoms with Crippen LogP contribution in [0, 0.1) is 0 Å². The Bertz CT molecular complexity index is 730. The van der Waals surface area contributed by atoms with Crippen LogP contribution < -0.4 is 10.0 Å². The highest BCUT2D eigenvalue weighted by Gasteiger charge is 2.24. The largest absolute Gasteiger partial charge is 0.389 e. The van der Waals surface area contributed by atoms with Gasteiger partial charge in [0.1, 0.15) is 4.99 Å². The van der Waals surface area contributed by atoms with Gasteiger partial charge in [-0.1, -0.05) is 30.4 Å². The molecule has 1 aromatic carbocycles. The van der Waals surface area contributed by atoms with E-state index >= 15 is 0 Å². The van der Waals surface area contributed by atoms with Gasteiger partial charge in [-0.3, -0.25) is 9.29 Å². The molecule has 1 aromatic heterocycles. The van der Waals surface area contributed by atoms with Crippen molar-refractivity contribution in [1.29, 1.82) is 0 Å². The topological polar surface area (TPSA) is 76.3 Å². The molecule has 0 unspecified atom stereocenters. The van der Waals surface area contributed by atoms with Crippen molar-refractivity contribution in [2.24, 2.45) is 5.73 Å². The summed E-state index contributed by atoms with van der Waals surface area (Å²) in [5.74, 6) is 0. The molecule has 104 valence electrons. The van der Waals surface area contributed by atoms with Crippen LogP contribution >= 0.6 is 12.2 Å². The summed E-state index contributed by atoms with van der Waals surface area (Å²) in [6, 6.07) is 9.72. The second kappa shape index (κ2) is 5.56. The zero-order valence-electron chi connectivity index (χ0n) is 10.7. The van der Waals surface area contributed by atoms with Crippen molar-refractivity contribution in [2.45, 2.75) is 4.90 Å². The quantitative estimate of drug-likeness (QED) is 0.867. The Labute approximate surface area is 123 Å². The molecule has 0 spiro atoms. The summed E-state index contributed by atoms with van der Waals surface area (Å²) in [4.78, 5) is 4.04. The first-order valence-corrected chi connectivity index (χ1v) is 7.57. The molecule has 0 aliphatic rings. The summed E-state index contributed by atoms with van der Waals surface area (Å²) in [7, 11) is -2.28. The van der Waals surface area contributed by atoms with Gasteiger partial charge >= 0.3 is 0 Å². The lowest BCUT2D eigenvalue weighted by Gasteiger charge is -2.20. The number of nitrogens with zero attached hydrogens (tertiary/aromatic N) is 2. The van der Waals surface area contributed by atoms with Crippen LogP contribution in [0.5, 0.6) is 0 Å². The fourth-order valence-corrected chi connectivity index (χ4v) is 3.35. The number of sulfonamides is 1. The lowest BCUT2D eigenvalue weighted by molar-refractivity contribution is 0.594. The minimum absolute atomic E-state index is 0.0451. The molecule has 0 aliphatic carbocycles. The van der Waals surface area contributed by atoms with Crippen LogP contribution in [0.4, 0.5) is 5.69 Å². The fourth-order valence-electron chi connectivity index (χ4n) is 1.72. The Morgan fingerprint density at radius 1 is 1.25 bits per heavy atom. The van der Waals surface area contributed by atoms with E-state index in [9.17, 15) is 8.42 Å². The van der Waals surface area contributed by atoms with E-state index in [-0.39, 0.29) is 9.88 Å². The van der Waals surface area contributed by atoms with E-state index in [2.05, 4.69) is 4.98 Å². The summed E-state index contributed by atoms with van der Waals surface area (Å²) in [5, 5.41) is 0. The molecule has 2 rings (SSSR count). The van der Waals surface area contributed by atoms with E-state index in [1.165, 1.54) is 19.3 Å². The molecule has 0 fully saturated rings. The maximum absolute atomic E-state index is 12.6. The smallest absolute Gasteiger partial charge is 0.264 e. The third-order valence-electron chi connectivity index (χ3n) is 2.80. The summed E-state index contributed by atoms with van der Waals surface area (Å²) in [6.07, 6.45) is 3.05. The third kappa shape index (κ3) is 2.63. The predicted molar refractivity (Wildman–Crippen MR) is 82.2 cm³/mol. The number of nitrogens with two attached hydrogens (primary N) is 1. The molecule has 0 saturated heterocycles. The van der Waals surface area contributed by atoms with Gasteiger partial charge in [0.05, 0.1) is 16.8 Å². The number of hydrogen-bond acceptors (Lipinski definition) is 4. The van der Waals surface area contributed by atoms with Crippen LogP contribution in [-0.4, -0.2) is 25.4 Å². The molecule has 0 aliphatic heterocycles. The Kier molecular flexibility index (Phi) is 4.01. The minimum Gasteiger partial charge on any atom is -0.389 e. The Morgan fingerprint density at radius 3 is 2.55 bits per heavy atom. The standard InChI is InChI=1S/C13H13N3O2S2/c1-16(10-5-4-8-15-9-10)20(17,18)12-7-3-2-6-11(12)13(14)19/h2-9H,1H3,(H2,14,19). The van der Waals surface area contributed by atoms with Crippen LogP contribution in [0.3, 0.4) is 0 Å². The van der Waals surface area contributed by atoms with E-state index in [4.69, 9.17) is 18.0 Å². The van der Waals surface area contributed by atoms with Gasteiger partial charge in [-0.05, 0) is 18.2 Å². The number of rotatable bonds is 4. The average Bonchev–Trinajstić information content (AvgIpc) is 2.47.